The first kappa shape index (κ1) is 39.5. The van der Waals surface area contributed by atoms with Crippen molar-refractivity contribution >= 4 is 45.6 Å². The van der Waals surface area contributed by atoms with Crippen molar-refractivity contribution in [2.75, 3.05) is 20.1 Å². The van der Waals surface area contributed by atoms with E-state index < -0.39 is 23.8 Å². The highest BCUT2D eigenvalue weighted by Crippen LogP contribution is 2.40. The number of rotatable bonds is 14. The molecular formula is C41H54N6O7S2. The van der Waals surface area contributed by atoms with Crippen molar-refractivity contribution < 1.29 is 34.4 Å². The van der Waals surface area contributed by atoms with E-state index >= 15 is 0 Å². The van der Waals surface area contributed by atoms with Crippen molar-refractivity contribution in [2.45, 2.75) is 127 Å². The van der Waals surface area contributed by atoms with E-state index in [1.165, 1.54) is 22.7 Å². The summed E-state index contributed by atoms with van der Waals surface area (Å²) in [5.74, 6) is -0.505. The van der Waals surface area contributed by atoms with Crippen LogP contribution in [0.3, 0.4) is 0 Å². The van der Waals surface area contributed by atoms with Gasteiger partial charge in [0, 0.05) is 42.5 Å². The molecule has 56 heavy (non-hydrogen) atoms. The van der Waals surface area contributed by atoms with E-state index in [1.807, 2.05) is 35.2 Å². The molecule has 1 aromatic carbocycles. The monoisotopic (exact) mass is 806 g/mol. The number of fused-ring (bicyclic) bond motifs is 4. The molecule has 3 aromatic heterocycles. The van der Waals surface area contributed by atoms with Crippen molar-refractivity contribution in [3.8, 4) is 0 Å². The van der Waals surface area contributed by atoms with Gasteiger partial charge in [-0.15, -0.1) is 27.8 Å². The molecular weight excluding hydrogens is 753 g/mol. The second-order valence-corrected chi connectivity index (χ2v) is 18.5. The van der Waals surface area contributed by atoms with Crippen molar-refractivity contribution in [1.29, 1.82) is 0 Å². The van der Waals surface area contributed by atoms with Crippen LogP contribution in [0.2, 0.25) is 0 Å². The maximum absolute atomic E-state index is 13.6. The molecule has 1 saturated heterocycles. The molecule has 4 unspecified atom stereocenters. The molecule has 2 saturated carbocycles. The number of esters is 1. The summed E-state index contributed by atoms with van der Waals surface area (Å²) in [5.41, 5.74) is 3.47. The van der Waals surface area contributed by atoms with Crippen LogP contribution in [0.1, 0.15) is 89.1 Å². The Hall–Kier alpha value is -3.28. The average Bonchev–Trinajstić information content (AvgIpc) is 4.03. The number of nitrogens with zero attached hydrogens (tertiary/aromatic N) is 4. The Kier molecular flexibility index (Phi) is 11.9. The first-order chi connectivity index (χ1) is 27.1. The lowest BCUT2D eigenvalue weighted by molar-refractivity contribution is -0.169. The van der Waals surface area contributed by atoms with Crippen LogP contribution in [0.4, 0.5) is 0 Å². The van der Waals surface area contributed by atoms with Crippen molar-refractivity contribution in [3.63, 3.8) is 0 Å². The van der Waals surface area contributed by atoms with E-state index in [4.69, 9.17) is 9.47 Å². The molecule has 2 aliphatic heterocycles. The van der Waals surface area contributed by atoms with Crippen molar-refractivity contribution in [3.05, 3.63) is 67.0 Å². The maximum atomic E-state index is 13.6. The second-order valence-electron chi connectivity index (χ2n) is 16.2. The van der Waals surface area contributed by atoms with E-state index in [0.717, 1.165) is 84.2 Å². The van der Waals surface area contributed by atoms with Gasteiger partial charge in [0.05, 0.1) is 46.7 Å². The fourth-order valence-corrected chi connectivity index (χ4v) is 11.5. The van der Waals surface area contributed by atoms with E-state index in [0.29, 0.717) is 61.4 Å². The van der Waals surface area contributed by atoms with Crippen LogP contribution < -0.4 is 10.6 Å². The molecule has 5 heterocycles. The summed E-state index contributed by atoms with van der Waals surface area (Å²) in [7, 11) is 2.16. The molecule has 0 radical (unpaired) electrons. The average molecular weight is 807 g/mol. The minimum atomic E-state index is -1.79. The molecule has 15 heteroatoms. The number of carbonyl (C=O) groups excluding carboxylic acids is 2. The Labute approximate surface area is 335 Å². The Bertz CT molecular complexity index is 1990. The Morgan fingerprint density at radius 2 is 1.96 bits per heavy atom. The summed E-state index contributed by atoms with van der Waals surface area (Å²) < 4.78 is 14.0. The predicted octanol–water partition coefficient (Wildman–Crippen LogP) is 4.12. The number of hydrogen-bond donors (Lipinski definition) is 5. The topological polar surface area (TPSA) is 171 Å². The lowest BCUT2D eigenvalue weighted by Crippen LogP contribution is -2.58. The normalized spacial score (nSPS) is 26.8. The number of aromatic nitrogens is 3. The fourth-order valence-electron chi connectivity index (χ4n) is 9.60. The second kappa shape index (κ2) is 16.9. The smallest absolute Gasteiger partial charge is 0.349 e. The molecule has 2 aliphatic carbocycles. The number of aliphatic hydroxyl groups is 3. The number of nitrogens with one attached hydrogen (secondary N) is 2. The van der Waals surface area contributed by atoms with Crippen LogP contribution in [-0.2, 0) is 51.0 Å². The molecule has 0 bridgehead atoms. The third kappa shape index (κ3) is 7.93. The SMILES string of the molecule is Cc1ccc([C@@](O)(C(=O)OC2CCC(N(C)CCCn3nnc4cc(CNC[C@H](O)C5CCC(O)C6NC(=O)CCC65)c5c(c43)COC5)CC2)c2cccs2)s1. The number of aliphatic hydroxyl groups excluding tert-OH is 2. The number of amides is 1. The number of benzene rings is 1. The molecule has 302 valence electrons. The van der Waals surface area contributed by atoms with Gasteiger partial charge in [0.15, 0.2) is 0 Å². The van der Waals surface area contributed by atoms with E-state index in [2.05, 4.69) is 39.0 Å². The summed E-state index contributed by atoms with van der Waals surface area (Å²) in [4.78, 5) is 30.1. The summed E-state index contributed by atoms with van der Waals surface area (Å²) in [6.45, 7) is 5.62. The molecule has 4 aromatic rings. The van der Waals surface area contributed by atoms with Gasteiger partial charge in [0.2, 0.25) is 11.5 Å². The molecule has 0 spiro atoms. The van der Waals surface area contributed by atoms with E-state index in [1.54, 1.807) is 6.07 Å². The maximum Gasteiger partial charge on any atom is 0.349 e. The van der Waals surface area contributed by atoms with E-state index in [-0.39, 0.29) is 29.9 Å². The fraction of sp³-hybridized carbons (Fsp3) is 0.610. The number of piperidine rings is 1. The summed E-state index contributed by atoms with van der Waals surface area (Å²) in [6, 6.07) is 9.58. The van der Waals surface area contributed by atoms with Crippen LogP contribution in [-0.4, -0.2) is 97.6 Å². The standard InChI is InChI=1S/C41H54N6O7S2/c1-24-6-14-36(56-24)41(52,35-5-3-18-55-35)40(51)54-27-9-7-26(8-10-27)46(2)16-4-17-47-39-31-23-53-22-30(31)25(19-32(39)44-45-47)20-42-21-34(49)28-11-13-33(48)38-29(28)12-15-37(50)43-38/h3,5-6,14,18-19,26-29,33-34,38,42,48-49,52H,4,7-13,15-17,20-23H2,1-2H3,(H,43,50)/t26?,27?,28?,29?,33?,34-,38?,41+/m0/s1. The van der Waals surface area contributed by atoms with Gasteiger partial charge in [-0.2, -0.15) is 0 Å². The number of hydrogen-bond acceptors (Lipinski definition) is 13. The lowest BCUT2D eigenvalue weighted by Gasteiger charge is -2.45. The number of aryl methyl sites for hydroxylation is 2. The van der Waals surface area contributed by atoms with Crippen LogP contribution in [0.25, 0.3) is 11.0 Å². The number of carbonyl (C=O) groups is 2. The van der Waals surface area contributed by atoms with E-state index in [9.17, 15) is 24.9 Å². The number of ether oxygens (including phenoxy) is 2. The van der Waals surface area contributed by atoms with Gasteiger partial charge in [0.25, 0.3) is 0 Å². The molecule has 6 atom stereocenters. The first-order valence-corrected chi connectivity index (χ1v) is 21.8. The third-order valence-electron chi connectivity index (χ3n) is 12.7. The summed E-state index contributed by atoms with van der Waals surface area (Å²) >= 11 is 2.78. The minimum Gasteiger partial charge on any atom is -0.460 e. The van der Waals surface area contributed by atoms with Crippen LogP contribution in [0, 0.1) is 18.8 Å². The highest BCUT2D eigenvalue weighted by atomic mass is 32.1. The highest BCUT2D eigenvalue weighted by Gasteiger charge is 2.46. The molecule has 4 aliphatic rings. The molecule has 8 rings (SSSR count). The number of thiophene rings is 2. The van der Waals surface area contributed by atoms with Gasteiger partial charge in [0.1, 0.15) is 11.6 Å². The Balaban J connectivity index is 0.821. The van der Waals surface area contributed by atoms with Crippen molar-refractivity contribution in [1.82, 2.24) is 30.5 Å². The zero-order chi connectivity index (χ0) is 39.0. The van der Waals surface area contributed by atoms with Gasteiger partial charge in [-0.25, -0.2) is 9.48 Å². The van der Waals surface area contributed by atoms with Crippen LogP contribution in [0.5, 0.6) is 0 Å². The van der Waals surface area contributed by atoms with Crippen LogP contribution >= 0.6 is 22.7 Å². The van der Waals surface area contributed by atoms with Gasteiger partial charge in [-0.3, -0.25) is 4.79 Å². The lowest BCUT2D eigenvalue weighted by atomic mass is 9.68. The van der Waals surface area contributed by atoms with Gasteiger partial charge < -0.3 is 40.3 Å². The van der Waals surface area contributed by atoms with Crippen LogP contribution in [0.15, 0.2) is 35.7 Å². The predicted molar refractivity (Wildman–Crippen MR) is 213 cm³/mol. The third-order valence-corrected chi connectivity index (χ3v) is 14.8. The van der Waals surface area contributed by atoms with Crippen molar-refractivity contribution in [2.24, 2.45) is 11.8 Å². The Morgan fingerprint density at radius 1 is 1.14 bits per heavy atom. The van der Waals surface area contributed by atoms with Gasteiger partial charge >= 0.3 is 5.97 Å². The summed E-state index contributed by atoms with van der Waals surface area (Å²) in [5, 5.41) is 50.9. The molecule has 1 amide bonds. The molecule has 5 N–H and O–H groups in total. The summed E-state index contributed by atoms with van der Waals surface area (Å²) in [6.07, 6.45) is 5.35. The zero-order valence-electron chi connectivity index (χ0n) is 32.2. The van der Waals surface area contributed by atoms with Gasteiger partial charge in [-0.05, 0) is 124 Å². The first-order valence-electron chi connectivity index (χ1n) is 20.2. The highest BCUT2D eigenvalue weighted by molar-refractivity contribution is 7.13. The molecule has 13 nitrogen and oxygen atoms in total. The largest absolute Gasteiger partial charge is 0.460 e. The molecule has 3 fully saturated rings. The minimum absolute atomic E-state index is 0.0170. The van der Waals surface area contributed by atoms with Gasteiger partial charge in [-0.1, -0.05) is 11.3 Å². The zero-order valence-corrected chi connectivity index (χ0v) is 33.8. The quantitative estimate of drug-likeness (QED) is 0.116. The Morgan fingerprint density at radius 3 is 2.73 bits per heavy atom.